The van der Waals surface area contributed by atoms with Gasteiger partial charge >= 0.3 is 13.6 Å². The molecular weight excluding hydrogens is 485 g/mol. The van der Waals surface area contributed by atoms with Gasteiger partial charge in [0, 0.05) is 12.1 Å². The number of hydrogen-bond donors (Lipinski definition) is 5. The second kappa shape index (κ2) is 9.50. The molecule has 0 bridgehead atoms. The number of aromatic amines is 1. The van der Waals surface area contributed by atoms with Crippen molar-refractivity contribution in [3.05, 3.63) is 59.7 Å². The first kappa shape index (κ1) is 25.6. The number of nitrogens with one attached hydrogen (secondary N) is 2. The highest BCUT2D eigenvalue weighted by Crippen LogP contribution is 2.35. The molecule has 0 fully saturated rings. The van der Waals surface area contributed by atoms with Gasteiger partial charge in [-0.25, -0.2) is 14.8 Å². The Morgan fingerprint density at radius 3 is 2.47 bits per heavy atom. The van der Waals surface area contributed by atoms with E-state index >= 15 is 0 Å². The molecule has 12 heteroatoms. The van der Waals surface area contributed by atoms with Crippen molar-refractivity contribution in [2.24, 2.45) is 5.41 Å². The number of aromatic nitrogens is 4. The number of carboxylic acid groups (broad SMARTS) is 1. The van der Waals surface area contributed by atoms with E-state index in [1.54, 1.807) is 12.1 Å². The van der Waals surface area contributed by atoms with Gasteiger partial charge in [0.2, 0.25) is 0 Å². The summed E-state index contributed by atoms with van der Waals surface area (Å²) in [6.07, 6.45) is -0.565. The zero-order chi connectivity index (χ0) is 26.3. The van der Waals surface area contributed by atoms with Gasteiger partial charge in [-0.15, -0.1) is 0 Å². The first-order valence-corrected chi connectivity index (χ1v) is 13.1. The lowest BCUT2D eigenvalue weighted by molar-refractivity contribution is -0.138. The van der Waals surface area contributed by atoms with Crippen molar-refractivity contribution < 1.29 is 29.0 Å². The van der Waals surface area contributed by atoms with E-state index in [0.717, 1.165) is 22.7 Å². The van der Waals surface area contributed by atoms with E-state index in [2.05, 4.69) is 36.1 Å². The number of aliphatic carboxylic acids is 1. The van der Waals surface area contributed by atoms with Gasteiger partial charge in [-0.1, -0.05) is 32.9 Å². The number of imidazole rings is 2. The van der Waals surface area contributed by atoms with Crippen LogP contribution in [0.5, 0.6) is 0 Å². The zero-order valence-corrected chi connectivity index (χ0v) is 21.0. The number of carbonyl (C=O) groups excluding carboxylic acids is 1. The van der Waals surface area contributed by atoms with E-state index in [9.17, 15) is 19.3 Å². The molecule has 0 aliphatic carbocycles. The number of para-hydroxylation sites is 2. The SMILES string of the molecule is CC(C)(C)Cn1c(Cc2nc3ccccc3[nH]2)nc2ccc(C(=O)NC(CP(=O)(O)O)C(=O)O)cc21. The number of hydrogen-bond acceptors (Lipinski definition) is 5. The lowest BCUT2D eigenvalue weighted by Crippen LogP contribution is -2.43. The molecule has 2 aromatic carbocycles. The highest BCUT2D eigenvalue weighted by Gasteiger charge is 2.29. The molecule has 0 spiro atoms. The predicted molar refractivity (Wildman–Crippen MR) is 134 cm³/mol. The summed E-state index contributed by atoms with van der Waals surface area (Å²) < 4.78 is 13.3. The van der Waals surface area contributed by atoms with Crippen molar-refractivity contribution >= 4 is 41.5 Å². The highest BCUT2D eigenvalue weighted by molar-refractivity contribution is 7.51. The third kappa shape index (κ3) is 5.99. The molecule has 11 nitrogen and oxygen atoms in total. The minimum absolute atomic E-state index is 0.119. The summed E-state index contributed by atoms with van der Waals surface area (Å²) in [5.74, 6) is -0.776. The summed E-state index contributed by atoms with van der Waals surface area (Å²) >= 11 is 0. The Labute approximate surface area is 206 Å². The average molecular weight is 513 g/mol. The number of rotatable bonds is 8. The van der Waals surface area contributed by atoms with E-state index in [4.69, 9.17) is 14.8 Å². The van der Waals surface area contributed by atoms with E-state index < -0.39 is 31.7 Å². The molecular formula is C24H28N5O6P. The van der Waals surface area contributed by atoms with Crippen LogP contribution in [0.1, 0.15) is 42.8 Å². The standard InChI is InChI=1S/C24H28N5O6P/c1-24(2,3)13-29-19-10-14(22(30)28-18(23(31)32)12-36(33,34)35)8-9-17(19)27-21(29)11-20-25-15-6-4-5-7-16(15)26-20/h4-10,18H,11-13H2,1-3H3,(H,25,26)(H,28,30)(H,31,32)(H2,33,34,35). The van der Waals surface area contributed by atoms with Crippen molar-refractivity contribution in [1.29, 1.82) is 0 Å². The lowest BCUT2D eigenvalue weighted by atomic mass is 9.96. The molecule has 36 heavy (non-hydrogen) atoms. The molecule has 0 radical (unpaired) electrons. The van der Waals surface area contributed by atoms with E-state index in [-0.39, 0.29) is 11.0 Å². The lowest BCUT2D eigenvalue weighted by Gasteiger charge is -2.21. The largest absolute Gasteiger partial charge is 0.480 e. The molecule has 2 heterocycles. The molecule has 4 aromatic rings. The third-order valence-electron chi connectivity index (χ3n) is 5.51. The van der Waals surface area contributed by atoms with Crippen LogP contribution in [0.25, 0.3) is 22.1 Å². The minimum Gasteiger partial charge on any atom is -0.480 e. The van der Waals surface area contributed by atoms with Crippen LogP contribution in [0.3, 0.4) is 0 Å². The summed E-state index contributed by atoms with van der Waals surface area (Å²) in [5.41, 5.74) is 3.16. The van der Waals surface area contributed by atoms with Crippen LogP contribution < -0.4 is 5.32 Å². The molecule has 5 N–H and O–H groups in total. The zero-order valence-electron chi connectivity index (χ0n) is 20.1. The molecule has 190 valence electrons. The molecule has 1 atom stereocenters. The molecule has 0 saturated carbocycles. The van der Waals surface area contributed by atoms with Gasteiger partial charge in [0.15, 0.2) is 0 Å². The predicted octanol–water partition coefficient (Wildman–Crippen LogP) is 2.91. The maximum Gasteiger partial charge on any atom is 0.328 e. The Hall–Kier alpha value is -3.53. The summed E-state index contributed by atoms with van der Waals surface area (Å²) in [7, 11) is -4.65. The van der Waals surface area contributed by atoms with Crippen molar-refractivity contribution in [1.82, 2.24) is 24.8 Å². The average Bonchev–Trinajstić information content (AvgIpc) is 3.31. The monoisotopic (exact) mass is 513 g/mol. The second-order valence-corrected chi connectivity index (χ2v) is 11.7. The van der Waals surface area contributed by atoms with Gasteiger partial charge in [-0.2, -0.15) is 0 Å². The molecule has 0 aliphatic rings. The molecule has 1 unspecified atom stereocenters. The molecule has 1 amide bonds. The maximum atomic E-state index is 12.8. The fourth-order valence-corrected chi connectivity index (χ4v) is 4.73. The fraction of sp³-hybridized carbons (Fsp3) is 0.333. The Morgan fingerprint density at radius 2 is 1.83 bits per heavy atom. The van der Waals surface area contributed by atoms with Gasteiger partial charge in [-0.3, -0.25) is 9.36 Å². The number of amides is 1. The smallest absolute Gasteiger partial charge is 0.328 e. The van der Waals surface area contributed by atoms with Crippen molar-refractivity contribution in [3.8, 4) is 0 Å². The van der Waals surface area contributed by atoms with Gasteiger partial charge in [0.05, 0.1) is 34.6 Å². The number of nitrogens with zero attached hydrogens (tertiary/aromatic N) is 3. The quantitative estimate of drug-likeness (QED) is 0.224. The molecule has 0 aliphatic heterocycles. The van der Waals surface area contributed by atoms with E-state index in [0.29, 0.717) is 24.0 Å². The number of benzene rings is 2. The van der Waals surface area contributed by atoms with Crippen LogP contribution in [-0.2, 0) is 22.3 Å². The van der Waals surface area contributed by atoms with Crippen LogP contribution in [0.2, 0.25) is 0 Å². The van der Waals surface area contributed by atoms with Crippen LogP contribution in [0.4, 0.5) is 0 Å². The molecule has 0 saturated heterocycles. The Morgan fingerprint density at radius 1 is 1.11 bits per heavy atom. The summed E-state index contributed by atoms with van der Waals surface area (Å²) in [4.78, 5) is 55.3. The van der Waals surface area contributed by atoms with Crippen molar-refractivity contribution in [2.75, 3.05) is 6.16 Å². The Bertz CT molecular complexity index is 1460. The third-order valence-corrected chi connectivity index (χ3v) is 6.35. The summed E-state index contributed by atoms with van der Waals surface area (Å²) in [5, 5.41) is 11.5. The Kier molecular flexibility index (Phi) is 6.74. The van der Waals surface area contributed by atoms with E-state index in [1.807, 2.05) is 28.8 Å². The minimum atomic E-state index is -4.65. The molecule has 4 rings (SSSR count). The van der Waals surface area contributed by atoms with Gasteiger partial charge in [0.25, 0.3) is 5.91 Å². The van der Waals surface area contributed by atoms with Crippen molar-refractivity contribution in [3.63, 3.8) is 0 Å². The fourth-order valence-electron chi connectivity index (χ4n) is 4.00. The summed E-state index contributed by atoms with van der Waals surface area (Å²) in [6.45, 7) is 6.85. The topological polar surface area (TPSA) is 170 Å². The normalized spacial score (nSPS) is 13.2. The number of carboxylic acids is 1. The van der Waals surface area contributed by atoms with Crippen LogP contribution in [0, 0.1) is 5.41 Å². The highest BCUT2D eigenvalue weighted by atomic mass is 31.2. The number of carbonyl (C=O) groups is 2. The second-order valence-electron chi connectivity index (χ2n) is 9.97. The van der Waals surface area contributed by atoms with Gasteiger partial charge < -0.3 is 29.8 Å². The number of fused-ring (bicyclic) bond motifs is 2. The van der Waals surface area contributed by atoms with Crippen LogP contribution in [-0.4, -0.2) is 58.5 Å². The maximum absolute atomic E-state index is 12.8. The van der Waals surface area contributed by atoms with E-state index in [1.165, 1.54) is 6.07 Å². The first-order chi connectivity index (χ1) is 16.8. The van der Waals surface area contributed by atoms with Gasteiger partial charge in [0.1, 0.15) is 17.7 Å². The number of H-pyrrole nitrogens is 1. The van der Waals surface area contributed by atoms with Crippen LogP contribution in [0.15, 0.2) is 42.5 Å². The van der Waals surface area contributed by atoms with Crippen LogP contribution >= 0.6 is 7.60 Å². The Balaban J connectivity index is 1.70. The molecule has 2 aromatic heterocycles. The van der Waals surface area contributed by atoms with Gasteiger partial charge in [-0.05, 0) is 35.7 Å². The summed E-state index contributed by atoms with van der Waals surface area (Å²) in [6, 6.07) is 10.8. The first-order valence-electron chi connectivity index (χ1n) is 11.3. The van der Waals surface area contributed by atoms with Crippen molar-refractivity contribution in [2.45, 2.75) is 39.8 Å².